The van der Waals surface area contributed by atoms with Gasteiger partial charge in [-0.25, -0.2) is 0 Å². The maximum Gasteiger partial charge on any atom is 0.269 e. The molecule has 0 saturated heterocycles. The fourth-order valence-corrected chi connectivity index (χ4v) is 8.28. The molecule has 0 N–H and O–H groups in total. The molecule has 3 heteroatoms. The van der Waals surface area contributed by atoms with Crippen LogP contribution < -0.4 is 9.13 Å². The SMILES string of the molecule is Cc1ccc[n+]2c1-c1c(ccc3c1oc1ccccc13)C1C2C12c1cc(-c3ccccc3)ccc1-c1cccc[n+]12. The fraction of sp³-hybridized carbons (Fsp3) is 0.105. The minimum Gasteiger partial charge on any atom is -0.455 e. The molecule has 3 aliphatic rings. The number of nitrogens with zero attached hydrogens (tertiary/aromatic N) is 2. The van der Waals surface area contributed by atoms with Crippen LogP contribution in [0.15, 0.2) is 132 Å². The van der Waals surface area contributed by atoms with Gasteiger partial charge in [0, 0.05) is 40.1 Å². The Bertz CT molecular complexity index is 2250. The first kappa shape index (κ1) is 21.8. The Morgan fingerprint density at radius 3 is 2.49 bits per heavy atom. The molecular formula is C38H26N2O+2. The van der Waals surface area contributed by atoms with E-state index >= 15 is 0 Å². The molecule has 3 nitrogen and oxygen atoms in total. The Kier molecular flexibility index (Phi) is 3.92. The lowest BCUT2D eigenvalue weighted by Crippen LogP contribution is -2.51. The molecule has 4 aromatic carbocycles. The third kappa shape index (κ3) is 2.52. The van der Waals surface area contributed by atoms with Crippen molar-refractivity contribution in [1.82, 2.24) is 0 Å². The van der Waals surface area contributed by atoms with E-state index in [0.717, 1.165) is 11.2 Å². The Labute approximate surface area is 237 Å². The Morgan fingerprint density at radius 1 is 0.707 bits per heavy atom. The first-order valence-corrected chi connectivity index (χ1v) is 14.4. The molecule has 0 bridgehead atoms. The van der Waals surface area contributed by atoms with E-state index < -0.39 is 0 Å². The molecule has 3 unspecified atom stereocenters. The Balaban J connectivity index is 1.31. The molecule has 2 aliphatic heterocycles. The summed E-state index contributed by atoms with van der Waals surface area (Å²) >= 11 is 0. The summed E-state index contributed by atoms with van der Waals surface area (Å²) in [6.07, 6.45) is 4.59. The molecule has 5 heterocycles. The third-order valence-electron chi connectivity index (χ3n) is 9.90. The van der Waals surface area contributed by atoms with Crippen LogP contribution >= 0.6 is 0 Å². The van der Waals surface area contributed by atoms with Crippen molar-refractivity contribution in [3.63, 3.8) is 0 Å². The minimum absolute atomic E-state index is 0.213. The van der Waals surface area contributed by atoms with E-state index in [9.17, 15) is 0 Å². The number of rotatable bonds is 1. The molecule has 41 heavy (non-hydrogen) atoms. The maximum atomic E-state index is 6.68. The number of aromatic nitrogens is 2. The highest BCUT2D eigenvalue weighted by Crippen LogP contribution is 2.71. The molecule has 1 fully saturated rings. The summed E-state index contributed by atoms with van der Waals surface area (Å²) in [7, 11) is 0. The minimum atomic E-state index is -0.213. The highest BCUT2D eigenvalue weighted by atomic mass is 16.3. The number of hydrogen-bond acceptors (Lipinski definition) is 1. The molecular weight excluding hydrogens is 500 g/mol. The van der Waals surface area contributed by atoms with Gasteiger partial charge in [0.25, 0.3) is 5.54 Å². The van der Waals surface area contributed by atoms with Crippen molar-refractivity contribution in [2.45, 2.75) is 24.4 Å². The van der Waals surface area contributed by atoms with Gasteiger partial charge in [-0.1, -0.05) is 66.7 Å². The van der Waals surface area contributed by atoms with Gasteiger partial charge >= 0.3 is 0 Å². The highest BCUT2D eigenvalue weighted by Gasteiger charge is 2.86. The van der Waals surface area contributed by atoms with Gasteiger partial charge in [-0.05, 0) is 53.9 Å². The Hall–Kier alpha value is -5.02. The van der Waals surface area contributed by atoms with E-state index in [1.807, 2.05) is 0 Å². The maximum absolute atomic E-state index is 6.68. The van der Waals surface area contributed by atoms with Crippen LogP contribution in [0.1, 0.15) is 28.7 Å². The zero-order valence-corrected chi connectivity index (χ0v) is 22.6. The average molecular weight is 527 g/mol. The largest absolute Gasteiger partial charge is 0.455 e. The summed E-state index contributed by atoms with van der Waals surface area (Å²) in [4.78, 5) is 0. The van der Waals surface area contributed by atoms with E-state index in [0.29, 0.717) is 0 Å². The number of pyridine rings is 2. The molecule has 0 radical (unpaired) electrons. The van der Waals surface area contributed by atoms with Crippen molar-refractivity contribution >= 4 is 21.9 Å². The molecule has 7 aromatic rings. The number of hydrogen-bond donors (Lipinski definition) is 0. The van der Waals surface area contributed by atoms with Crippen LogP contribution in [-0.4, -0.2) is 0 Å². The highest BCUT2D eigenvalue weighted by molar-refractivity contribution is 6.10. The number of aryl methyl sites for hydroxylation is 1. The first-order valence-electron chi connectivity index (χ1n) is 14.4. The summed E-state index contributed by atoms with van der Waals surface area (Å²) in [5.41, 5.74) is 13.5. The third-order valence-corrected chi connectivity index (χ3v) is 9.90. The van der Waals surface area contributed by atoms with Gasteiger partial charge in [0.05, 0.1) is 11.1 Å². The monoisotopic (exact) mass is 526 g/mol. The van der Waals surface area contributed by atoms with E-state index in [2.05, 4.69) is 144 Å². The van der Waals surface area contributed by atoms with Crippen LogP contribution in [0, 0.1) is 6.92 Å². The number of fused-ring (bicyclic) bond motifs is 17. The summed E-state index contributed by atoms with van der Waals surface area (Å²) in [6.45, 7) is 2.24. The summed E-state index contributed by atoms with van der Waals surface area (Å²) in [6, 6.07) is 42.3. The first-order chi connectivity index (χ1) is 20.3. The molecule has 192 valence electrons. The summed E-state index contributed by atoms with van der Waals surface area (Å²) < 4.78 is 11.8. The van der Waals surface area contributed by atoms with Crippen LogP contribution in [0.5, 0.6) is 0 Å². The normalized spacial score (nSPS) is 20.9. The van der Waals surface area contributed by atoms with Gasteiger partial charge in [0.2, 0.25) is 17.4 Å². The van der Waals surface area contributed by atoms with Crippen molar-refractivity contribution in [2.24, 2.45) is 0 Å². The van der Waals surface area contributed by atoms with E-state index in [1.165, 1.54) is 61.1 Å². The molecule has 1 saturated carbocycles. The van der Waals surface area contributed by atoms with Crippen molar-refractivity contribution < 1.29 is 13.6 Å². The lowest BCUT2D eigenvalue weighted by Gasteiger charge is -2.14. The van der Waals surface area contributed by atoms with Crippen LogP contribution in [0.3, 0.4) is 0 Å². The van der Waals surface area contributed by atoms with E-state index in [1.54, 1.807) is 0 Å². The summed E-state index contributed by atoms with van der Waals surface area (Å²) in [5, 5.41) is 2.37. The molecule has 1 aliphatic carbocycles. The zero-order chi connectivity index (χ0) is 26.9. The fourth-order valence-electron chi connectivity index (χ4n) is 8.28. The van der Waals surface area contributed by atoms with Crippen LogP contribution in [-0.2, 0) is 5.54 Å². The van der Waals surface area contributed by atoms with Crippen molar-refractivity contribution in [2.75, 3.05) is 0 Å². The van der Waals surface area contributed by atoms with Crippen molar-refractivity contribution in [1.29, 1.82) is 0 Å². The van der Waals surface area contributed by atoms with Gasteiger partial charge in [0.1, 0.15) is 17.1 Å². The van der Waals surface area contributed by atoms with Gasteiger partial charge in [-0.15, -0.1) is 0 Å². The van der Waals surface area contributed by atoms with Crippen LogP contribution in [0.25, 0.3) is 55.6 Å². The van der Waals surface area contributed by atoms with Crippen molar-refractivity contribution in [3.8, 4) is 33.6 Å². The molecule has 3 aromatic heterocycles. The predicted octanol–water partition coefficient (Wildman–Crippen LogP) is 7.88. The molecule has 3 atom stereocenters. The predicted molar refractivity (Wildman–Crippen MR) is 160 cm³/mol. The number of para-hydroxylation sites is 1. The van der Waals surface area contributed by atoms with Crippen LogP contribution in [0.4, 0.5) is 0 Å². The van der Waals surface area contributed by atoms with Gasteiger partial charge in [-0.3, -0.25) is 0 Å². The quantitative estimate of drug-likeness (QED) is 0.199. The topological polar surface area (TPSA) is 20.9 Å². The van der Waals surface area contributed by atoms with Gasteiger partial charge in [0.15, 0.2) is 12.4 Å². The summed E-state index contributed by atoms with van der Waals surface area (Å²) in [5.74, 6) is 0.285. The smallest absolute Gasteiger partial charge is 0.269 e. The second-order valence-corrected chi connectivity index (χ2v) is 11.8. The lowest BCUT2D eigenvalue weighted by molar-refractivity contribution is -0.772. The number of benzene rings is 4. The van der Waals surface area contributed by atoms with Crippen LogP contribution in [0.2, 0.25) is 0 Å². The molecule has 1 spiro atoms. The Morgan fingerprint density at radius 2 is 1.56 bits per heavy atom. The average Bonchev–Trinajstić information content (AvgIpc) is 3.46. The van der Waals surface area contributed by atoms with E-state index in [4.69, 9.17) is 4.42 Å². The second kappa shape index (κ2) is 7.38. The standard InChI is InChI=1S/C38H26N2O/c1-23-10-9-20-39-35(23)33-29(19-18-27-26-13-5-6-15-32(26)41-36(27)33)34-37(39)38(34)30-22-25(24-11-3-2-4-12-24)16-17-28(30)31-14-7-8-21-40(31)38/h2-22,34,37H,1H3/q+2. The van der Waals surface area contributed by atoms with E-state index in [-0.39, 0.29) is 17.5 Å². The van der Waals surface area contributed by atoms with Gasteiger partial charge in [-0.2, -0.15) is 9.13 Å². The number of furan rings is 1. The molecule has 10 rings (SSSR count). The second-order valence-electron chi connectivity index (χ2n) is 11.8. The molecule has 0 amide bonds. The van der Waals surface area contributed by atoms with Gasteiger partial charge < -0.3 is 4.42 Å². The van der Waals surface area contributed by atoms with Crippen molar-refractivity contribution in [3.05, 3.63) is 144 Å². The zero-order valence-electron chi connectivity index (χ0n) is 22.6. The lowest BCUT2D eigenvalue weighted by atomic mass is 9.89.